The molecule has 0 aliphatic heterocycles. The molecule has 44 heavy (non-hydrogen) atoms. The van der Waals surface area contributed by atoms with Crippen LogP contribution in [0.25, 0.3) is 11.1 Å². The minimum absolute atomic E-state index is 0.328. The van der Waals surface area contributed by atoms with Crippen LogP contribution in [0.5, 0.6) is 0 Å². The molecule has 2 N–H and O–H groups in total. The van der Waals surface area contributed by atoms with Crippen LogP contribution >= 0.6 is 27.5 Å². The fourth-order valence-electron chi connectivity index (χ4n) is 5.25. The smallest absolute Gasteiger partial charge is 0.407 e. The van der Waals surface area contributed by atoms with Crippen LogP contribution in [-0.2, 0) is 9.47 Å². The maximum Gasteiger partial charge on any atom is 0.407 e. The Labute approximate surface area is 275 Å². The first-order valence-corrected chi connectivity index (χ1v) is 16.4. The van der Waals surface area contributed by atoms with Crippen molar-refractivity contribution in [3.05, 3.63) is 93.4 Å². The Morgan fingerprint density at radius 2 is 1.18 bits per heavy atom. The van der Waals surface area contributed by atoms with Crippen LogP contribution in [0.3, 0.4) is 0 Å². The number of hydrogen-bond acceptors (Lipinski definition) is 4. The third-order valence-electron chi connectivity index (χ3n) is 7.48. The standard InChI is InChI=1S/C21H24ClNO2.C15H20BrNO2/c1-21(2,3)25-20(24)23-13-15-12-19(15)18-7-5-4-6-17(18)14-8-10-16(22)11-9-14;1-15(2,3)19-14(18)17-9-10-8-12(10)11-6-4-5-7-13(11)16/h4-11,15,19H,12-13H2,1-3H3,(H,23,24);4-7,10,12H,8-9H2,1-3H3,(H,17,18). The van der Waals surface area contributed by atoms with Crippen LogP contribution < -0.4 is 10.6 Å². The van der Waals surface area contributed by atoms with Crippen LogP contribution in [0, 0.1) is 11.8 Å². The van der Waals surface area contributed by atoms with Crippen molar-refractivity contribution in [1.82, 2.24) is 10.6 Å². The Kier molecular flexibility index (Phi) is 11.1. The number of alkyl carbamates (subject to hydrolysis) is 2. The van der Waals surface area contributed by atoms with Crippen molar-refractivity contribution in [2.24, 2.45) is 11.8 Å². The van der Waals surface area contributed by atoms with E-state index in [9.17, 15) is 9.59 Å². The Hall–Kier alpha value is -3.03. The number of carbonyl (C=O) groups is 2. The Morgan fingerprint density at radius 3 is 1.68 bits per heavy atom. The lowest BCUT2D eigenvalue weighted by molar-refractivity contribution is 0.0513. The van der Waals surface area contributed by atoms with Crippen LogP contribution in [0.1, 0.15) is 77.3 Å². The van der Waals surface area contributed by atoms with E-state index in [0.29, 0.717) is 36.8 Å². The lowest BCUT2D eigenvalue weighted by Crippen LogP contribution is -2.33. The predicted octanol–water partition coefficient (Wildman–Crippen LogP) is 9.71. The summed E-state index contributed by atoms with van der Waals surface area (Å²) in [4.78, 5) is 23.4. The van der Waals surface area contributed by atoms with Gasteiger partial charge in [-0.3, -0.25) is 0 Å². The molecule has 0 saturated heterocycles. The highest BCUT2D eigenvalue weighted by Crippen LogP contribution is 2.50. The van der Waals surface area contributed by atoms with Crippen LogP contribution in [0.2, 0.25) is 5.02 Å². The second-order valence-electron chi connectivity index (χ2n) is 13.6. The number of amides is 2. The predicted molar refractivity (Wildman–Crippen MR) is 181 cm³/mol. The number of halogens is 2. The molecule has 8 heteroatoms. The molecule has 0 heterocycles. The number of hydrogen-bond donors (Lipinski definition) is 2. The van der Waals surface area contributed by atoms with Crippen molar-refractivity contribution < 1.29 is 19.1 Å². The molecule has 2 aliphatic rings. The summed E-state index contributed by atoms with van der Waals surface area (Å²) >= 11 is 9.57. The molecule has 0 bridgehead atoms. The third-order valence-corrected chi connectivity index (χ3v) is 8.45. The highest BCUT2D eigenvalue weighted by atomic mass is 79.9. The molecule has 4 atom stereocenters. The SMILES string of the molecule is CC(C)(C)OC(=O)NCC1CC1c1ccccc1-c1ccc(Cl)cc1.CC(C)(C)OC(=O)NCC1CC1c1ccccc1Br. The molecule has 5 rings (SSSR count). The molecule has 4 unspecified atom stereocenters. The average Bonchev–Trinajstić information content (AvgIpc) is 3.86. The molecular formula is C36H44BrClN2O4. The summed E-state index contributed by atoms with van der Waals surface area (Å²) < 4.78 is 11.7. The van der Waals surface area contributed by atoms with Crippen LogP contribution in [0.4, 0.5) is 9.59 Å². The van der Waals surface area contributed by atoms with E-state index in [2.05, 4.69) is 81.2 Å². The van der Waals surface area contributed by atoms with Gasteiger partial charge in [-0.2, -0.15) is 0 Å². The maximum absolute atomic E-state index is 11.8. The van der Waals surface area contributed by atoms with Gasteiger partial charge in [-0.25, -0.2) is 9.59 Å². The summed E-state index contributed by atoms with van der Waals surface area (Å²) in [5, 5.41) is 6.48. The van der Waals surface area contributed by atoms with Crippen LogP contribution in [0.15, 0.2) is 77.3 Å². The molecule has 2 fully saturated rings. The van der Waals surface area contributed by atoms with Crippen LogP contribution in [-0.4, -0.2) is 36.5 Å². The molecule has 3 aromatic carbocycles. The Balaban J connectivity index is 0.000000209. The quantitative estimate of drug-likeness (QED) is 0.260. The summed E-state index contributed by atoms with van der Waals surface area (Å²) in [7, 11) is 0. The molecule has 2 amide bonds. The van der Waals surface area contributed by atoms with Gasteiger partial charge < -0.3 is 20.1 Å². The summed E-state index contributed by atoms with van der Waals surface area (Å²) in [6, 6.07) is 24.7. The molecule has 2 saturated carbocycles. The van der Waals surface area contributed by atoms with E-state index < -0.39 is 11.2 Å². The largest absolute Gasteiger partial charge is 0.444 e. The average molecular weight is 684 g/mol. The molecular weight excluding hydrogens is 640 g/mol. The summed E-state index contributed by atoms with van der Waals surface area (Å²) in [6.45, 7) is 12.5. The van der Waals surface area contributed by atoms with Gasteiger partial charge in [-0.15, -0.1) is 0 Å². The van der Waals surface area contributed by atoms with E-state index in [1.54, 1.807) is 0 Å². The normalized spacial score (nSPS) is 20.5. The van der Waals surface area contributed by atoms with E-state index >= 15 is 0 Å². The van der Waals surface area contributed by atoms with E-state index in [-0.39, 0.29) is 12.2 Å². The van der Waals surface area contributed by atoms with Crippen molar-refractivity contribution in [3.63, 3.8) is 0 Å². The number of nitrogens with one attached hydrogen (secondary N) is 2. The Morgan fingerprint density at radius 1 is 0.727 bits per heavy atom. The number of benzene rings is 3. The molecule has 2 aliphatic carbocycles. The molecule has 236 valence electrons. The van der Waals surface area contributed by atoms with Gasteiger partial charge in [0.15, 0.2) is 0 Å². The minimum Gasteiger partial charge on any atom is -0.444 e. The van der Waals surface area contributed by atoms with Gasteiger partial charge in [-0.1, -0.05) is 82.1 Å². The van der Waals surface area contributed by atoms with Gasteiger partial charge in [0, 0.05) is 22.6 Å². The first-order chi connectivity index (χ1) is 20.7. The third kappa shape index (κ3) is 10.6. The van der Waals surface area contributed by atoms with Crippen molar-refractivity contribution >= 4 is 39.7 Å². The van der Waals surface area contributed by atoms with Crippen molar-refractivity contribution in [3.8, 4) is 11.1 Å². The topological polar surface area (TPSA) is 76.7 Å². The number of ether oxygens (including phenoxy) is 2. The molecule has 0 spiro atoms. The zero-order chi connectivity index (χ0) is 32.1. The monoisotopic (exact) mass is 682 g/mol. The second-order valence-corrected chi connectivity index (χ2v) is 14.9. The highest BCUT2D eigenvalue weighted by Gasteiger charge is 2.40. The number of carbonyl (C=O) groups excluding carboxylic acids is 2. The van der Waals surface area contributed by atoms with Gasteiger partial charge in [0.1, 0.15) is 11.2 Å². The van der Waals surface area contributed by atoms with Gasteiger partial charge in [0.25, 0.3) is 0 Å². The van der Waals surface area contributed by atoms with E-state index in [0.717, 1.165) is 22.3 Å². The lowest BCUT2D eigenvalue weighted by Gasteiger charge is -2.19. The molecule has 6 nitrogen and oxygen atoms in total. The molecule has 0 aromatic heterocycles. The van der Waals surface area contributed by atoms with E-state index in [1.807, 2.05) is 59.7 Å². The van der Waals surface area contributed by atoms with E-state index in [1.165, 1.54) is 22.3 Å². The maximum atomic E-state index is 11.8. The zero-order valence-corrected chi connectivity index (χ0v) is 28.8. The van der Waals surface area contributed by atoms with Crippen molar-refractivity contribution in [2.45, 2.75) is 77.4 Å². The second kappa shape index (κ2) is 14.4. The summed E-state index contributed by atoms with van der Waals surface area (Å²) in [6.07, 6.45) is 1.54. The van der Waals surface area contributed by atoms with Crippen molar-refractivity contribution in [1.29, 1.82) is 0 Å². The summed E-state index contributed by atoms with van der Waals surface area (Å²) in [5.41, 5.74) is 4.18. The summed E-state index contributed by atoms with van der Waals surface area (Å²) in [5.74, 6) is 2.00. The molecule has 0 radical (unpaired) electrons. The lowest BCUT2D eigenvalue weighted by atomic mass is 9.96. The van der Waals surface area contributed by atoms with Gasteiger partial charge >= 0.3 is 12.2 Å². The Bertz CT molecular complexity index is 1430. The fraction of sp³-hybridized carbons (Fsp3) is 0.444. The number of rotatable bonds is 7. The fourth-order valence-corrected chi connectivity index (χ4v) is 5.96. The van der Waals surface area contributed by atoms with Gasteiger partial charge in [0.2, 0.25) is 0 Å². The van der Waals surface area contributed by atoms with Gasteiger partial charge in [-0.05, 0) is 119 Å². The first kappa shape index (κ1) is 33.9. The van der Waals surface area contributed by atoms with E-state index in [4.69, 9.17) is 21.1 Å². The first-order valence-electron chi connectivity index (χ1n) is 15.2. The molecule has 3 aromatic rings. The minimum atomic E-state index is -0.464. The zero-order valence-electron chi connectivity index (χ0n) is 26.5. The highest BCUT2D eigenvalue weighted by molar-refractivity contribution is 9.10. The van der Waals surface area contributed by atoms with Gasteiger partial charge in [0.05, 0.1) is 0 Å². The van der Waals surface area contributed by atoms with Crippen molar-refractivity contribution in [2.75, 3.05) is 13.1 Å².